The lowest BCUT2D eigenvalue weighted by Crippen LogP contribution is -2.49. The van der Waals surface area contributed by atoms with Gasteiger partial charge in [0.25, 0.3) is 0 Å². The fourth-order valence-electron chi connectivity index (χ4n) is 3.48. The summed E-state index contributed by atoms with van der Waals surface area (Å²) in [6, 6.07) is -1.32. The van der Waals surface area contributed by atoms with Crippen LogP contribution in [0.2, 0.25) is 0 Å². The molecule has 0 aromatic heterocycles. The minimum Gasteiger partial charge on any atom is -0.511 e. The van der Waals surface area contributed by atoms with Gasteiger partial charge in [0.15, 0.2) is 0 Å². The zero-order valence-corrected chi connectivity index (χ0v) is 24.5. The molecule has 0 radical (unpaired) electrons. The van der Waals surface area contributed by atoms with Crippen LogP contribution in [0.4, 0.5) is 0 Å². The second-order valence-corrected chi connectivity index (χ2v) is 12.1. The SMILES string of the molecule is C=C(CC(C)(C)C)NC(CC=O)C(=O)NC(CSC/C=C(\C)CC/C=C(\C)CCC=C(C)C)C(=C)O. The number of allylic oxidation sites excluding steroid dienone is 6. The summed E-state index contributed by atoms with van der Waals surface area (Å²) in [4.78, 5) is 23.9. The molecule has 5 nitrogen and oxygen atoms in total. The maximum absolute atomic E-state index is 12.8. The topological polar surface area (TPSA) is 78.4 Å². The third-order valence-corrected chi connectivity index (χ3v) is 6.42. The van der Waals surface area contributed by atoms with Gasteiger partial charge < -0.3 is 20.5 Å². The highest BCUT2D eigenvalue weighted by molar-refractivity contribution is 7.99. The van der Waals surface area contributed by atoms with Gasteiger partial charge in [0.05, 0.1) is 6.04 Å². The van der Waals surface area contributed by atoms with E-state index in [1.807, 2.05) is 0 Å². The first-order valence-electron chi connectivity index (χ1n) is 12.8. The Morgan fingerprint density at radius 1 is 0.944 bits per heavy atom. The number of aliphatic hydroxyl groups excluding tert-OH is 1. The molecule has 0 rings (SSSR count). The predicted octanol–water partition coefficient (Wildman–Crippen LogP) is 7.19. The van der Waals surface area contributed by atoms with Crippen LogP contribution in [0.5, 0.6) is 0 Å². The molecule has 204 valence electrons. The fraction of sp³-hybridized carbons (Fsp3) is 0.600. The van der Waals surface area contributed by atoms with E-state index in [0.717, 1.165) is 31.4 Å². The lowest BCUT2D eigenvalue weighted by molar-refractivity contribution is -0.125. The predicted molar refractivity (Wildman–Crippen MR) is 157 cm³/mol. The molecule has 0 saturated heterocycles. The number of nitrogens with one attached hydrogen (secondary N) is 2. The monoisotopic (exact) mass is 518 g/mol. The molecule has 0 aliphatic heterocycles. The third kappa shape index (κ3) is 18.1. The van der Waals surface area contributed by atoms with Crippen molar-refractivity contribution in [2.45, 2.75) is 99.1 Å². The summed E-state index contributed by atoms with van der Waals surface area (Å²) in [7, 11) is 0. The first-order valence-corrected chi connectivity index (χ1v) is 14.0. The number of aldehydes is 1. The van der Waals surface area contributed by atoms with Crippen molar-refractivity contribution < 1.29 is 14.7 Å². The quantitative estimate of drug-likeness (QED) is 0.0774. The van der Waals surface area contributed by atoms with Crippen molar-refractivity contribution in [1.82, 2.24) is 10.6 Å². The fourth-order valence-corrected chi connectivity index (χ4v) is 4.53. The highest BCUT2D eigenvalue weighted by atomic mass is 32.2. The summed E-state index contributed by atoms with van der Waals surface area (Å²) >= 11 is 1.62. The number of thioether (sulfide) groups is 1. The van der Waals surface area contributed by atoms with Gasteiger partial charge in [-0.2, -0.15) is 11.8 Å². The standard InChI is InChI=1S/C30H50N2O3S/c1-22(2)12-10-13-23(3)14-11-15-24(4)17-19-36-21-28(26(6)34)32-29(35)27(16-18-33)31-25(5)20-30(7,8)9/h12,14,17-18,27-28,31,34H,5-6,10-11,13,15-16,19-21H2,1-4,7-9H3,(H,32,35)/b23-14+,24-17+. The second kappa shape index (κ2) is 18.1. The van der Waals surface area contributed by atoms with Crippen LogP contribution in [0.3, 0.4) is 0 Å². The average Bonchev–Trinajstić information content (AvgIpc) is 2.73. The largest absolute Gasteiger partial charge is 0.511 e. The molecule has 6 heteroatoms. The van der Waals surface area contributed by atoms with Crippen LogP contribution in [0, 0.1) is 5.41 Å². The van der Waals surface area contributed by atoms with Crippen molar-refractivity contribution in [2.24, 2.45) is 5.41 Å². The van der Waals surface area contributed by atoms with Gasteiger partial charge in [0.2, 0.25) is 5.91 Å². The first kappa shape index (κ1) is 33.8. The van der Waals surface area contributed by atoms with Crippen molar-refractivity contribution in [3.05, 3.63) is 59.6 Å². The van der Waals surface area contributed by atoms with Crippen LogP contribution < -0.4 is 10.6 Å². The highest BCUT2D eigenvalue weighted by Crippen LogP contribution is 2.22. The molecule has 0 saturated carbocycles. The van der Waals surface area contributed by atoms with Gasteiger partial charge in [-0.15, -0.1) is 0 Å². The average molecular weight is 519 g/mol. The second-order valence-electron chi connectivity index (χ2n) is 11.0. The Hall–Kier alpha value is -2.21. The lowest BCUT2D eigenvalue weighted by atomic mass is 9.90. The van der Waals surface area contributed by atoms with E-state index in [-0.39, 0.29) is 23.5 Å². The molecule has 2 unspecified atom stereocenters. The zero-order chi connectivity index (χ0) is 27.7. The molecule has 3 N–H and O–H groups in total. The lowest BCUT2D eigenvalue weighted by Gasteiger charge is -2.26. The van der Waals surface area contributed by atoms with E-state index in [1.54, 1.807) is 11.8 Å². The van der Waals surface area contributed by atoms with E-state index in [2.05, 4.69) is 90.5 Å². The summed E-state index contributed by atoms with van der Waals surface area (Å²) in [5, 5.41) is 15.9. The number of hydrogen-bond donors (Lipinski definition) is 3. The zero-order valence-electron chi connectivity index (χ0n) is 23.7. The van der Waals surface area contributed by atoms with Crippen molar-refractivity contribution in [3.63, 3.8) is 0 Å². The molecule has 0 spiro atoms. The van der Waals surface area contributed by atoms with Gasteiger partial charge >= 0.3 is 0 Å². The minimum atomic E-state index is -0.732. The van der Waals surface area contributed by atoms with Crippen molar-refractivity contribution in [1.29, 1.82) is 0 Å². The van der Waals surface area contributed by atoms with Crippen LogP contribution in [0.25, 0.3) is 0 Å². The van der Waals surface area contributed by atoms with Crippen LogP contribution in [-0.4, -0.2) is 40.9 Å². The summed E-state index contributed by atoms with van der Waals surface area (Å²) in [5.74, 6) is 0.832. The van der Waals surface area contributed by atoms with E-state index in [1.165, 1.54) is 16.7 Å². The van der Waals surface area contributed by atoms with Crippen LogP contribution in [0.15, 0.2) is 59.6 Å². The van der Waals surface area contributed by atoms with Gasteiger partial charge in [0, 0.05) is 23.6 Å². The Labute approximate surface area is 224 Å². The molecule has 0 aromatic carbocycles. The molecule has 2 atom stereocenters. The molecule has 0 aromatic rings. The Kier molecular flexibility index (Phi) is 17.0. The van der Waals surface area contributed by atoms with E-state index in [4.69, 9.17) is 0 Å². The molecule has 0 heterocycles. The van der Waals surface area contributed by atoms with E-state index < -0.39 is 12.1 Å². The third-order valence-electron chi connectivity index (χ3n) is 5.45. The Balaban J connectivity index is 4.67. The molecular formula is C30H50N2O3S. The van der Waals surface area contributed by atoms with Gasteiger partial charge in [-0.05, 0) is 65.2 Å². The van der Waals surface area contributed by atoms with E-state index >= 15 is 0 Å². The number of rotatable bonds is 18. The van der Waals surface area contributed by atoms with Crippen molar-refractivity contribution in [3.8, 4) is 0 Å². The van der Waals surface area contributed by atoms with Gasteiger partial charge in [0.1, 0.15) is 18.1 Å². The number of amides is 1. The maximum Gasteiger partial charge on any atom is 0.243 e. The number of carbonyl (C=O) groups is 2. The van der Waals surface area contributed by atoms with Gasteiger partial charge in [-0.1, -0.05) is 68.9 Å². The number of carbonyl (C=O) groups excluding carboxylic acids is 2. The Morgan fingerprint density at radius 2 is 1.53 bits per heavy atom. The molecule has 0 aliphatic rings. The van der Waals surface area contributed by atoms with Crippen LogP contribution >= 0.6 is 11.8 Å². The minimum absolute atomic E-state index is 0.0110. The summed E-state index contributed by atoms with van der Waals surface area (Å²) in [5.41, 5.74) is 4.84. The van der Waals surface area contributed by atoms with Crippen molar-refractivity contribution >= 4 is 24.0 Å². The molecule has 36 heavy (non-hydrogen) atoms. The van der Waals surface area contributed by atoms with E-state index in [9.17, 15) is 14.7 Å². The Morgan fingerprint density at radius 3 is 2.06 bits per heavy atom. The molecule has 0 bridgehead atoms. The summed E-state index contributed by atoms with van der Waals surface area (Å²) in [6.07, 6.45) is 12.5. The number of aliphatic hydroxyl groups is 1. The number of hydrogen-bond acceptors (Lipinski definition) is 5. The van der Waals surface area contributed by atoms with Crippen LogP contribution in [0.1, 0.15) is 87.0 Å². The first-order chi connectivity index (χ1) is 16.7. The maximum atomic E-state index is 12.8. The van der Waals surface area contributed by atoms with Crippen LogP contribution in [-0.2, 0) is 9.59 Å². The van der Waals surface area contributed by atoms with Gasteiger partial charge in [-0.25, -0.2) is 0 Å². The molecule has 0 fully saturated rings. The molecular weight excluding hydrogens is 468 g/mol. The normalized spacial score (nSPS) is 14.0. The van der Waals surface area contributed by atoms with E-state index in [0.29, 0.717) is 24.2 Å². The Bertz CT molecular complexity index is 815. The smallest absolute Gasteiger partial charge is 0.243 e. The van der Waals surface area contributed by atoms with Crippen molar-refractivity contribution in [2.75, 3.05) is 11.5 Å². The molecule has 0 aliphatic carbocycles. The molecule has 1 amide bonds. The summed E-state index contributed by atoms with van der Waals surface area (Å²) in [6.45, 7) is 22.5. The highest BCUT2D eigenvalue weighted by Gasteiger charge is 2.24. The van der Waals surface area contributed by atoms with Gasteiger partial charge in [-0.3, -0.25) is 4.79 Å². The summed E-state index contributed by atoms with van der Waals surface area (Å²) < 4.78 is 0.